The lowest BCUT2D eigenvalue weighted by atomic mass is 10.2. The molecule has 0 atom stereocenters. The van der Waals surface area contributed by atoms with Crippen LogP contribution in [0.5, 0.6) is 0 Å². The Balaban J connectivity index is 1.27. The number of nitrogens with one attached hydrogen (secondary N) is 2. The highest BCUT2D eigenvalue weighted by Crippen LogP contribution is 2.18. The van der Waals surface area contributed by atoms with Gasteiger partial charge in [-0.25, -0.2) is 13.8 Å². The Morgan fingerprint density at radius 3 is 2.55 bits per heavy atom. The first-order valence-electron chi connectivity index (χ1n) is 10.1. The largest absolute Gasteiger partial charge is 0.361 e. The van der Waals surface area contributed by atoms with Gasteiger partial charge in [0.25, 0.3) is 5.91 Å². The van der Waals surface area contributed by atoms with Gasteiger partial charge in [0.2, 0.25) is 10.0 Å². The van der Waals surface area contributed by atoms with Crippen LogP contribution in [0.4, 0.5) is 0 Å². The summed E-state index contributed by atoms with van der Waals surface area (Å²) in [6.45, 7) is 3.77. The molecule has 0 aliphatic carbocycles. The highest BCUT2D eigenvalue weighted by Gasteiger charge is 2.28. The van der Waals surface area contributed by atoms with Crippen LogP contribution in [0.15, 0.2) is 64.7 Å². The predicted octanol–water partition coefficient (Wildman–Crippen LogP) is 1.93. The topological polar surface area (TPSA) is 97.9 Å². The van der Waals surface area contributed by atoms with Gasteiger partial charge in [0.15, 0.2) is 0 Å². The van der Waals surface area contributed by atoms with Gasteiger partial charge in [-0.1, -0.05) is 35.9 Å². The van der Waals surface area contributed by atoms with Crippen LogP contribution in [-0.2, 0) is 14.8 Å². The number of carbonyl (C=O) groups excluding carboxylic acids is 1. The first-order chi connectivity index (χ1) is 14.9. The number of sulfonamides is 1. The number of aromatic amines is 1. The number of nitrogens with zero attached hydrogens (tertiary/aromatic N) is 3. The minimum absolute atomic E-state index is 0.170. The normalized spacial score (nSPS) is 16.2. The van der Waals surface area contributed by atoms with Gasteiger partial charge in [0, 0.05) is 48.8 Å². The molecule has 0 saturated carbocycles. The average molecular weight is 440 g/mol. The van der Waals surface area contributed by atoms with E-state index in [2.05, 4.69) is 15.5 Å². The van der Waals surface area contributed by atoms with Crippen molar-refractivity contribution in [3.63, 3.8) is 0 Å². The van der Waals surface area contributed by atoms with Crippen molar-refractivity contribution in [3.8, 4) is 0 Å². The number of aryl methyl sites for hydroxylation is 1. The number of benzene rings is 2. The zero-order valence-electron chi connectivity index (χ0n) is 17.3. The quantitative estimate of drug-likeness (QED) is 0.453. The molecular weight excluding hydrogens is 414 g/mol. The Bertz CT molecular complexity index is 1190. The number of hydrazone groups is 1. The van der Waals surface area contributed by atoms with E-state index in [0.717, 1.165) is 22.0 Å². The molecule has 1 aromatic heterocycles. The van der Waals surface area contributed by atoms with Gasteiger partial charge >= 0.3 is 0 Å². The van der Waals surface area contributed by atoms with E-state index in [1.54, 1.807) is 30.5 Å². The minimum atomic E-state index is -3.51. The van der Waals surface area contributed by atoms with E-state index >= 15 is 0 Å². The van der Waals surface area contributed by atoms with Crippen LogP contribution in [0.1, 0.15) is 11.1 Å². The summed E-state index contributed by atoms with van der Waals surface area (Å²) in [5.41, 5.74) is 5.47. The Hall–Kier alpha value is -3.01. The molecule has 2 N–H and O–H groups in total. The van der Waals surface area contributed by atoms with E-state index in [1.807, 2.05) is 42.3 Å². The molecular formula is C22H25N5O3S. The summed E-state index contributed by atoms with van der Waals surface area (Å²) in [7, 11) is -3.51. The number of hydrogen-bond donors (Lipinski definition) is 2. The van der Waals surface area contributed by atoms with Gasteiger partial charge in [0.05, 0.1) is 17.7 Å². The molecule has 8 nitrogen and oxygen atoms in total. The Morgan fingerprint density at radius 2 is 1.81 bits per heavy atom. The smallest absolute Gasteiger partial charge is 0.254 e. The molecule has 4 rings (SSSR count). The summed E-state index contributed by atoms with van der Waals surface area (Å²) in [5, 5.41) is 5.09. The zero-order chi connectivity index (χ0) is 21.8. The molecule has 0 spiro atoms. The number of H-pyrrole nitrogens is 1. The zero-order valence-corrected chi connectivity index (χ0v) is 18.1. The summed E-state index contributed by atoms with van der Waals surface area (Å²) >= 11 is 0. The van der Waals surface area contributed by atoms with Crippen LogP contribution in [0.25, 0.3) is 10.9 Å². The van der Waals surface area contributed by atoms with E-state index in [-0.39, 0.29) is 12.5 Å². The molecule has 0 bridgehead atoms. The van der Waals surface area contributed by atoms with Crippen molar-refractivity contribution in [3.05, 3.63) is 65.9 Å². The van der Waals surface area contributed by atoms with E-state index in [4.69, 9.17) is 0 Å². The van der Waals surface area contributed by atoms with Crippen molar-refractivity contribution in [2.45, 2.75) is 11.8 Å². The molecule has 3 aromatic rings. The molecule has 2 heterocycles. The third-order valence-corrected chi connectivity index (χ3v) is 7.28. The van der Waals surface area contributed by atoms with E-state index in [9.17, 15) is 13.2 Å². The summed E-state index contributed by atoms with van der Waals surface area (Å²) in [4.78, 5) is 17.6. The standard InChI is InChI=1S/C22H25N5O3S/c1-17-6-8-19(9-7-17)31(29,30)27-12-10-26(11-13-27)16-22(28)25-24-15-18-14-23-21-5-3-2-4-20(18)21/h2-9,14-15,23H,10-13,16H2,1H3,(H,25,28)/b24-15+. The fraction of sp³-hybridized carbons (Fsp3) is 0.273. The second kappa shape index (κ2) is 9.01. The van der Waals surface area contributed by atoms with Crippen molar-refractivity contribution in [1.82, 2.24) is 19.6 Å². The summed E-state index contributed by atoms with van der Waals surface area (Å²) < 4.78 is 27.0. The Morgan fingerprint density at radius 1 is 1.10 bits per heavy atom. The van der Waals surface area contributed by atoms with Gasteiger partial charge in [-0.2, -0.15) is 9.41 Å². The Labute approximate surface area is 181 Å². The molecule has 1 amide bonds. The fourth-order valence-electron chi connectivity index (χ4n) is 3.60. The second-order valence-corrected chi connectivity index (χ2v) is 9.51. The highest BCUT2D eigenvalue weighted by molar-refractivity contribution is 7.89. The van der Waals surface area contributed by atoms with E-state index in [0.29, 0.717) is 31.1 Å². The molecule has 0 radical (unpaired) electrons. The van der Waals surface area contributed by atoms with Crippen LogP contribution in [0, 0.1) is 6.92 Å². The molecule has 1 aliphatic rings. The molecule has 31 heavy (non-hydrogen) atoms. The monoisotopic (exact) mass is 439 g/mol. The number of amides is 1. The summed E-state index contributed by atoms with van der Waals surface area (Å²) in [6, 6.07) is 14.7. The van der Waals surface area contributed by atoms with Gasteiger partial charge in [0.1, 0.15) is 0 Å². The lowest BCUT2D eigenvalue weighted by Gasteiger charge is -2.33. The van der Waals surface area contributed by atoms with Crippen molar-refractivity contribution in [2.24, 2.45) is 5.10 Å². The highest BCUT2D eigenvalue weighted by atomic mass is 32.2. The SMILES string of the molecule is Cc1ccc(S(=O)(=O)N2CCN(CC(=O)N/N=C/c3c[nH]c4ccccc34)CC2)cc1. The third-order valence-electron chi connectivity index (χ3n) is 5.37. The first-order valence-corrected chi connectivity index (χ1v) is 11.5. The number of carbonyl (C=O) groups is 1. The molecule has 1 saturated heterocycles. The van der Waals surface area contributed by atoms with Crippen LogP contribution in [-0.4, -0.2) is 67.5 Å². The average Bonchev–Trinajstić information content (AvgIpc) is 3.18. The number of hydrogen-bond acceptors (Lipinski definition) is 5. The molecule has 1 fully saturated rings. The van der Waals surface area contributed by atoms with Crippen molar-refractivity contribution < 1.29 is 13.2 Å². The second-order valence-electron chi connectivity index (χ2n) is 7.58. The Kier molecular flexibility index (Phi) is 6.17. The van der Waals surface area contributed by atoms with E-state index < -0.39 is 10.0 Å². The van der Waals surface area contributed by atoms with Gasteiger partial charge in [-0.15, -0.1) is 0 Å². The molecule has 162 valence electrons. The van der Waals surface area contributed by atoms with Crippen LogP contribution in [0.2, 0.25) is 0 Å². The van der Waals surface area contributed by atoms with Gasteiger partial charge in [-0.05, 0) is 25.1 Å². The molecule has 2 aromatic carbocycles. The molecule has 1 aliphatic heterocycles. The number of piperazine rings is 1. The fourth-order valence-corrected chi connectivity index (χ4v) is 5.02. The number of rotatable bonds is 6. The molecule has 0 unspecified atom stereocenters. The third kappa shape index (κ3) is 4.84. The maximum Gasteiger partial charge on any atom is 0.254 e. The maximum atomic E-state index is 12.8. The number of para-hydroxylation sites is 1. The van der Waals surface area contributed by atoms with Crippen LogP contribution < -0.4 is 5.43 Å². The predicted molar refractivity (Wildman–Crippen MR) is 120 cm³/mol. The van der Waals surface area contributed by atoms with E-state index in [1.165, 1.54) is 4.31 Å². The first kappa shape index (κ1) is 21.2. The lowest BCUT2D eigenvalue weighted by Crippen LogP contribution is -2.50. The number of fused-ring (bicyclic) bond motifs is 1. The number of aromatic nitrogens is 1. The summed E-state index contributed by atoms with van der Waals surface area (Å²) in [5.74, 6) is -0.231. The summed E-state index contributed by atoms with van der Waals surface area (Å²) in [6.07, 6.45) is 3.46. The molecule has 9 heteroatoms. The van der Waals surface area contributed by atoms with Crippen LogP contribution in [0.3, 0.4) is 0 Å². The van der Waals surface area contributed by atoms with Crippen LogP contribution >= 0.6 is 0 Å². The lowest BCUT2D eigenvalue weighted by molar-refractivity contribution is -0.122. The minimum Gasteiger partial charge on any atom is -0.361 e. The van der Waals surface area contributed by atoms with Crippen molar-refractivity contribution >= 4 is 33.0 Å². The maximum absolute atomic E-state index is 12.8. The van der Waals surface area contributed by atoms with Crippen molar-refractivity contribution in [2.75, 3.05) is 32.7 Å². The van der Waals surface area contributed by atoms with Crippen molar-refractivity contribution in [1.29, 1.82) is 0 Å². The van der Waals surface area contributed by atoms with Gasteiger partial charge in [-0.3, -0.25) is 9.69 Å². The van der Waals surface area contributed by atoms with Gasteiger partial charge < -0.3 is 4.98 Å².